The molecule has 0 spiro atoms. The van der Waals surface area contributed by atoms with Crippen molar-refractivity contribution in [3.8, 4) is 0 Å². The number of piperazine rings is 1. The van der Waals surface area contributed by atoms with E-state index in [0.717, 1.165) is 57.7 Å². The number of likely N-dealkylation sites (tertiary alicyclic amines) is 1. The Bertz CT molecular complexity index is 683. The molecule has 2 amide bonds. The van der Waals surface area contributed by atoms with Crippen LogP contribution in [0.1, 0.15) is 38.2 Å². The molecule has 3 rings (SSSR count). The Labute approximate surface area is 179 Å². The van der Waals surface area contributed by atoms with Gasteiger partial charge in [-0.2, -0.15) is 0 Å². The van der Waals surface area contributed by atoms with E-state index in [1.54, 1.807) is 0 Å². The maximum atomic E-state index is 12.6. The summed E-state index contributed by atoms with van der Waals surface area (Å²) in [6.45, 7) is 7.93. The summed E-state index contributed by atoms with van der Waals surface area (Å²) in [5, 5.41) is 3.66. The third-order valence-corrected chi connectivity index (χ3v) is 6.43. The van der Waals surface area contributed by atoms with Gasteiger partial charge in [0, 0.05) is 50.8 Å². The van der Waals surface area contributed by atoms with Gasteiger partial charge in [-0.25, -0.2) is 0 Å². The normalized spacial score (nSPS) is 20.1. The largest absolute Gasteiger partial charge is 0.351 e. The molecule has 7 heteroatoms. The summed E-state index contributed by atoms with van der Waals surface area (Å²) < 4.78 is 0. The maximum absolute atomic E-state index is 12.6. The molecule has 160 valence electrons. The first-order valence-electron chi connectivity index (χ1n) is 10.8. The van der Waals surface area contributed by atoms with E-state index >= 15 is 0 Å². The second-order valence-corrected chi connectivity index (χ2v) is 8.50. The summed E-state index contributed by atoms with van der Waals surface area (Å²) in [4.78, 5) is 31.6. The zero-order valence-electron chi connectivity index (χ0n) is 17.4. The van der Waals surface area contributed by atoms with Crippen molar-refractivity contribution >= 4 is 23.4 Å². The van der Waals surface area contributed by atoms with Crippen LogP contribution in [0.4, 0.5) is 0 Å². The lowest BCUT2D eigenvalue weighted by molar-refractivity contribution is -0.133. The quantitative estimate of drug-likeness (QED) is 0.767. The number of nitrogens with zero attached hydrogens (tertiary/aromatic N) is 3. The SMILES string of the molecule is CC(C(=O)NCc1ccccc1Cl)N1CCN(CC(=O)N2CCCCCC2)CC1. The lowest BCUT2D eigenvalue weighted by Crippen LogP contribution is -2.55. The zero-order valence-corrected chi connectivity index (χ0v) is 18.2. The van der Waals surface area contributed by atoms with E-state index < -0.39 is 0 Å². The van der Waals surface area contributed by atoms with Crippen LogP contribution in [0.2, 0.25) is 5.02 Å². The topological polar surface area (TPSA) is 55.9 Å². The Kier molecular flexibility index (Phi) is 8.33. The Morgan fingerprint density at radius 2 is 1.66 bits per heavy atom. The summed E-state index contributed by atoms with van der Waals surface area (Å²) in [5.74, 6) is 0.268. The van der Waals surface area contributed by atoms with Crippen LogP contribution in [-0.2, 0) is 16.1 Å². The molecular weight excluding hydrogens is 388 g/mol. The van der Waals surface area contributed by atoms with Gasteiger partial charge in [0.1, 0.15) is 0 Å². The summed E-state index contributed by atoms with van der Waals surface area (Å²) in [6.07, 6.45) is 4.72. The van der Waals surface area contributed by atoms with Crippen molar-refractivity contribution in [2.24, 2.45) is 0 Å². The first-order valence-corrected chi connectivity index (χ1v) is 11.2. The monoisotopic (exact) mass is 420 g/mol. The van der Waals surface area contributed by atoms with Crippen molar-refractivity contribution in [3.63, 3.8) is 0 Å². The van der Waals surface area contributed by atoms with Gasteiger partial charge in [-0.3, -0.25) is 19.4 Å². The molecule has 1 unspecified atom stereocenters. The zero-order chi connectivity index (χ0) is 20.6. The van der Waals surface area contributed by atoms with Gasteiger partial charge in [0.25, 0.3) is 0 Å². The highest BCUT2D eigenvalue weighted by molar-refractivity contribution is 6.31. The van der Waals surface area contributed by atoms with Crippen LogP contribution in [-0.4, -0.2) is 78.4 Å². The first kappa shape index (κ1) is 22.1. The third-order valence-electron chi connectivity index (χ3n) is 6.06. The van der Waals surface area contributed by atoms with E-state index in [2.05, 4.69) is 15.1 Å². The number of rotatable bonds is 6. The van der Waals surface area contributed by atoms with Crippen LogP contribution in [0.3, 0.4) is 0 Å². The number of carbonyl (C=O) groups excluding carboxylic acids is 2. The van der Waals surface area contributed by atoms with Crippen LogP contribution in [0.15, 0.2) is 24.3 Å². The third kappa shape index (κ3) is 6.43. The fraction of sp³-hybridized carbons (Fsp3) is 0.636. The molecule has 1 atom stereocenters. The molecule has 1 N–H and O–H groups in total. The molecule has 2 aliphatic heterocycles. The maximum Gasteiger partial charge on any atom is 0.237 e. The van der Waals surface area contributed by atoms with Crippen LogP contribution in [0.25, 0.3) is 0 Å². The van der Waals surface area contributed by atoms with Crippen molar-refractivity contribution in [1.82, 2.24) is 20.0 Å². The molecule has 1 aromatic carbocycles. The van der Waals surface area contributed by atoms with Crippen molar-refractivity contribution in [1.29, 1.82) is 0 Å². The van der Waals surface area contributed by atoms with Crippen molar-refractivity contribution in [2.45, 2.75) is 45.2 Å². The number of amides is 2. The van der Waals surface area contributed by atoms with Gasteiger partial charge >= 0.3 is 0 Å². The van der Waals surface area contributed by atoms with Gasteiger partial charge in [0.05, 0.1) is 12.6 Å². The molecule has 2 saturated heterocycles. The minimum atomic E-state index is -0.194. The van der Waals surface area contributed by atoms with Gasteiger partial charge in [-0.15, -0.1) is 0 Å². The van der Waals surface area contributed by atoms with E-state index in [9.17, 15) is 9.59 Å². The molecule has 2 fully saturated rings. The molecule has 0 bridgehead atoms. The molecule has 29 heavy (non-hydrogen) atoms. The molecule has 1 aromatic rings. The van der Waals surface area contributed by atoms with Crippen LogP contribution in [0, 0.1) is 0 Å². The highest BCUT2D eigenvalue weighted by Crippen LogP contribution is 2.15. The molecule has 2 heterocycles. The Hall–Kier alpha value is -1.63. The highest BCUT2D eigenvalue weighted by Gasteiger charge is 2.27. The van der Waals surface area contributed by atoms with E-state index in [1.165, 1.54) is 12.8 Å². The second kappa shape index (κ2) is 11.0. The number of nitrogens with one attached hydrogen (secondary N) is 1. The highest BCUT2D eigenvalue weighted by atomic mass is 35.5. The van der Waals surface area contributed by atoms with Crippen molar-refractivity contribution in [3.05, 3.63) is 34.9 Å². The van der Waals surface area contributed by atoms with Crippen molar-refractivity contribution in [2.75, 3.05) is 45.8 Å². The van der Waals surface area contributed by atoms with Crippen LogP contribution >= 0.6 is 11.6 Å². The average Bonchev–Trinajstić information content (AvgIpc) is 3.03. The fourth-order valence-electron chi connectivity index (χ4n) is 4.06. The number of hydrogen-bond acceptors (Lipinski definition) is 4. The van der Waals surface area contributed by atoms with Crippen LogP contribution < -0.4 is 5.32 Å². The van der Waals surface area contributed by atoms with Gasteiger partial charge in [-0.05, 0) is 31.4 Å². The molecule has 0 radical (unpaired) electrons. The summed E-state index contributed by atoms with van der Waals surface area (Å²) >= 11 is 6.16. The van der Waals surface area contributed by atoms with Gasteiger partial charge in [-0.1, -0.05) is 42.6 Å². The summed E-state index contributed by atoms with van der Waals surface area (Å²) in [5.41, 5.74) is 0.923. The predicted octanol–water partition coefficient (Wildman–Crippen LogP) is 2.36. The molecule has 0 aliphatic carbocycles. The standard InChI is InChI=1S/C22H33ClN4O2/c1-18(22(29)24-16-19-8-4-5-9-20(19)23)26-14-12-25(13-15-26)17-21(28)27-10-6-2-3-7-11-27/h4-5,8-9,18H,2-3,6-7,10-17H2,1H3,(H,24,29). The summed E-state index contributed by atoms with van der Waals surface area (Å²) in [6, 6.07) is 7.36. The van der Waals surface area contributed by atoms with E-state index in [4.69, 9.17) is 11.6 Å². The molecule has 0 aromatic heterocycles. The molecular formula is C22H33ClN4O2. The minimum Gasteiger partial charge on any atom is -0.351 e. The van der Waals surface area contributed by atoms with Crippen LogP contribution in [0.5, 0.6) is 0 Å². The number of halogens is 1. The smallest absolute Gasteiger partial charge is 0.237 e. The van der Waals surface area contributed by atoms with Gasteiger partial charge in [0.2, 0.25) is 11.8 Å². The number of carbonyl (C=O) groups is 2. The number of benzene rings is 1. The summed E-state index contributed by atoms with van der Waals surface area (Å²) in [7, 11) is 0. The van der Waals surface area contributed by atoms with E-state index in [1.807, 2.05) is 36.1 Å². The Morgan fingerprint density at radius 3 is 2.31 bits per heavy atom. The molecule has 2 aliphatic rings. The van der Waals surface area contributed by atoms with Gasteiger partial charge in [0.15, 0.2) is 0 Å². The number of hydrogen-bond donors (Lipinski definition) is 1. The van der Waals surface area contributed by atoms with E-state index in [-0.39, 0.29) is 17.9 Å². The Balaban J connectivity index is 1.40. The van der Waals surface area contributed by atoms with Crippen molar-refractivity contribution < 1.29 is 9.59 Å². The molecule has 6 nitrogen and oxygen atoms in total. The fourth-order valence-corrected chi connectivity index (χ4v) is 4.26. The van der Waals surface area contributed by atoms with Gasteiger partial charge < -0.3 is 10.2 Å². The van der Waals surface area contributed by atoms with E-state index in [0.29, 0.717) is 18.1 Å². The Morgan fingerprint density at radius 1 is 1.00 bits per heavy atom. The minimum absolute atomic E-state index is 0.0130. The lowest BCUT2D eigenvalue weighted by Gasteiger charge is -2.37. The lowest BCUT2D eigenvalue weighted by atomic mass is 10.2. The second-order valence-electron chi connectivity index (χ2n) is 8.09. The average molecular weight is 421 g/mol. The first-order chi connectivity index (χ1) is 14.0. The predicted molar refractivity (Wildman–Crippen MR) is 116 cm³/mol. The molecule has 0 saturated carbocycles.